The minimum absolute atomic E-state index is 0.306. The summed E-state index contributed by atoms with van der Waals surface area (Å²) in [5, 5.41) is 0. The van der Waals surface area contributed by atoms with E-state index in [0.29, 0.717) is 12.8 Å². The fourth-order valence-corrected chi connectivity index (χ4v) is 1.53. The van der Waals surface area contributed by atoms with Crippen molar-refractivity contribution in [3.8, 4) is 0 Å². The highest BCUT2D eigenvalue weighted by atomic mass is 32.2. The fourth-order valence-electron chi connectivity index (χ4n) is 1.33. The first-order valence-corrected chi connectivity index (χ1v) is 5.00. The summed E-state index contributed by atoms with van der Waals surface area (Å²) in [4.78, 5) is 10.9. The number of alkyl halides is 2. The molecule has 0 heterocycles. The molecule has 0 aromatic rings. The van der Waals surface area contributed by atoms with Crippen molar-refractivity contribution in [2.24, 2.45) is 0 Å². The van der Waals surface area contributed by atoms with Crippen molar-refractivity contribution in [2.45, 2.75) is 37.8 Å². The second kappa shape index (κ2) is 4.90. The predicted molar refractivity (Wildman–Crippen MR) is 46.7 cm³/mol. The number of rotatable bonds is 4. The van der Waals surface area contributed by atoms with Crippen molar-refractivity contribution in [3.63, 3.8) is 0 Å². The third kappa shape index (κ3) is 3.07. The number of nitrogens with one attached hydrogen (secondary N) is 1. The van der Waals surface area contributed by atoms with Crippen molar-refractivity contribution in [1.29, 1.82) is 0 Å². The molecule has 1 aliphatic carbocycles. The van der Waals surface area contributed by atoms with Crippen LogP contribution in [0.2, 0.25) is 0 Å². The van der Waals surface area contributed by atoms with E-state index in [2.05, 4.69) is 4.74 Å². The summed E-state index contributed by atoms with van der Waals surface area (Å²) in [5.41, 5.74) is 0. The zero-order valence-corrected chi connectivity index (χ0v) is 8.15. The second-order valence-corrected chi connectivity index (χ2v) is 3.47. The maximum atomic E-state index is 12.7. The first kappa shape index (κ1) is 11.7. The van der Waals surface area contributed by atoms with Crippen molar-refractivity contribution in [2.75, 3.05) is 0 Å². The number of halogens is 2. The molecule has 0 aliphatic heterocycles. The Balaban J connectivity index is 2.39. The van der Waals surface area contributed by atoms with E-state index < -0.39 is 18.1 Å². The summed E-state index contributed by atoms with van der Waals surface area (Å²) in [5.74, 6) is -1.63. The monoisotopic (exact) mass is 227 g/mol. The van der Waals surface area contributed by atoms with Crippen LogP contribution in [0.4, 0.5) is 8.78 Å². The Morgan fingerprint density at radius 2 is 2.07 bits per heavy atom. The number of hydrogen-bond donors (Lipinski definition) is 2. The Labute approximate surface area is 84.3 Å². The molecule has 4 nitrogen and oxygen atoms in total. The number of esters is 1. The minimum Gasteiger partial charge on any atom is -0.457 e. The Kier molecular flexibility index (Phi) is 4.09. The van der Waals surface area contributed by atoms with Gasteiger partial charge in [-0.15, -0.1) is 0 Å². The Morgan fingerprint density at radius 1 is 1.50 bits per heavy atom. The van der Waals surface area contributed by atoms with Gasteiger partial charge in [0.15, 0.2) is 0 Å². The molecule has 1 saturated carbocycles. The molecule has 1 rings (SSSR count). The van der Waals surface area contributed by atoms with Gasteiger partial charge in [0.2, 0.25) is 0 Å². The molecule has 0 spiro atoms. The molecule has 7 heteroatoms. The quantitative estimate of drug-likeness (QED) is 0.332. The molecule has 0 bridgehead atoms. The van der Waals surface area contributed by atoms with Crippen LogP contribution < -0.4 is 4.72 Å². The van der Waals surface area contributed by atoms with Crippen molar-refractivity contribution < 1.29 is 22.9 Å². The van der Waals surface area contributed by atoms with Gasteiger partial charge in [-0.3, -0.25) is 0 Å². The van der Waals surface area contributed by atoms with E-state index in [9.17, 15) is 13.6 Å². The van der Waals surface area contributed by atoms with E-state index in [1.165, 1.54) is 4.72 Å². The molecule has 0 unspecified atom stereocenters. The SMILES string of the molecule is O=C(OC1CCCC1)C(F)(F)NSO. The lowest BCUT2D eigenvalue weighted by Gasteiger charge is -2.17. The van der Waals surface area contributed by atoms with Gasteiger partial charge in [0.1, 0.15) is 6.10 Å². The molecule has 0 radical (unpaired) electrons. The van der Waals surface area contributed by atoms with Crippen LogP contribution in [0, 0.1) is 0 Å². The van der Waals surface area contributed by atoms with Gasteiger partial charge in [0, 0.05) is 0 Å². The largest absolute Gasteiger partial charge is 0.457 e. The van der Waals surface area contributed by atoms with E-state index in [1.807, 2.05) is 0 Å². The summed E-state index contributed by atoms with van der Waals surface area (Å²) < 4.78 is 39.4. The van der Waals surface area contributed by atoms with Crippen molar-refractivity contribution >= 4 is 18.2 Å². The van der Waals surface area contributed by atoms with Crippen LogP contribution >= 0.6 is 12.2 Å². The summed E-state index contributed by atoms with van der Waals surface area (Å²) >= 11 is -0.306. The second-order valence-electron chi connectivity index (χ2n) is 3.08. The van der Waals surface area contributed by atoms with Crippen LogP contribution in [0.15, 0.2) is 0 Å². The molecule has 0 atom stereocenters. The minimum atomic E-state index is -3.83. The molecular weight excluding hydrogens is 216 g/mol. The highest BCUT2D eigenvalue weighted by Gasteiger charge is 2.42. The summed E-state index contributed by atoms with van der Waals surface area (Å²) in [6, 6.07) is -3.83. The Bertz CT molecular complexity index is 209. The molecule has 1 aliphatic rings. The molecule has 1 fully saturated rings. The first-order chi connectivity index (χ1) is 6.56. The molecule has 0 amide bonds. The molecule has 2 N–H and O–H groups in total. The summed E-state index contributed by atoms with van der Waals surface area (Å²) in [6.07, 6.45) is 2.65. The standard InChI is InChI=1S/C7H11F2NO3S/c8-7(9,10-14-12)6(11)13-5-3-1-2-4-5/h5,10,12H,1-4H2. The first-order valence-electron chi connectivity index (χ1n) is 4.23. The van der Waals surface area contributed by atoms with E-state index in [1.54, 1.807) is 0 Å². The normalized spacial score (nSPS) is 18.5. The van der Waals surface area contributed by atoms with Crippen LogP contribution in [0.25, 0.3) is 0 Å². The van der Waals surface area contributed by atoms with Gasteiger partial charge >= 0.3 is 12.0 Å². The predicted octanol–water partition coefficient (Wildman–Crippen LogP) is 1.78. The Hall–Kier alpha value is -0.400. The fraction of sp³-hybridized carbons (Fsp3) is 0.857. The number of hydrogen-bond acceptors (Lipinski definition) is 5. The van der Waals surface area contributed by atoms with E-state index in [4.69, 9.17) is 4.55 Å². The molecule has 14 heavy (non-hydrogen) atoms. The number of carbonyl (C=O) groups is 1. The van der Waals surface area contributed by atoms with Gasteiger partial charge < -0.3 is 9.29 Å². The lowest BCUT2D eigenvalue weighted by atomic mass is 10.3. The van der Waals surface area contributed by atoms with E-state index in [-0.39, 0.29) is 12.2 Å². The summed E-state index contributed by atoms with van der Waals surface area (Å²) in [6.45, 7) is 0. The maximum Gasteiger partial charge on any atom is 0.409 e. The molecular formula is C7H11F2NO3S. The van der Waals surface area contributed by atoms with Crippen LogP contribution in [-0.4, -0.2) is 22.7 Å². The zero-order chi connectivity index (χ0) is 10.6. The average molecular weight is 227 g/mol. The highest BCUT2D eigenvalue weighted by Crippen LogP contribution is 2.24. The molecule has 82 valence electrons. The van der Waals surface area contributed by atoms with Crippen LogP contribution in [0.5, 0.6) is 0 Å². The van der Waals surface area contributed by atoms with Crippen LogP contribution in [0.1, 0.15) is 25.7 Å². The lowest BCUT2D eigenvalue weighted by Crippen LogP contribution is -2.42. The maximum absolute atomic E-state index is 12.7. The van der Waals surface area contributed by atoms with Crippen molar-refractivity contribution in [3.05, 3.63) is 0 Å². The lowest BCUT2D eigenvalue weighted by molar-refractivity contribution is -0.178. The van der Waals surface area contributed by atoms with Crippen LogP contribution in [-0.2, 0) is 9.53 Å². The van der Waals surface area contributed by atoms with Gasteiger partial charge in [-0.05, 0) is 25.7 Å². The molecule has 0 saturated heterocycles. The van der Waals surface area contributed by atoms with Gasteiger partial charge in [0.05, 0.1) is 12.2 Å². The topological polar surface area (TPSA) is 58.6 Å². The highest BCUT2D eigenvalue weighted by molar-refractivity contribution is 7.91. The third-order valence-corrected chi connectivity index (χ3v) is 2.35. The third-order valence-electron chi connectivity index (χ3n) is 2.01. The number of carbonyl (C=O) groups excluding carboxylic acids is 1. The number of ether oxygens (including phenoxy) is 1. The average Bonchev–Trinajstić information content (AvgIpc) is 2.56. The van der Waals surface area contributed by atoms with Gasteiger partial charge in [-0.25, -0.2) is 4.79 Å². The van der Waals surface area contributed by atoms with Gasteiger partial charge in [-0.1, -0.05) is 0 Å². The van der Waals surface area contributed by atoms with Gasteiger partial charge in [-0.2, -0.15) is 13.5 Å². The van der Waals surface area contributed by atoms with E-state index >= 15 is 0 Å². The molecule has 0 aromatic heterocycles. The Morgan fingerprint density at radius 3 is 2.57 bits per heavy atom. The van der Waals surface area contributed by atoms with Crippen molar-refractivity contribution in [1.82, 2.24) is 4.72 Å². The zero-order valence-electron chi connectivity index (χ0n) is 7.33. The van der Waals surface area contributed by atoms with Crippen LogP contribution in [0.3, 0.4) is 0 Å². The molecule has 0 aromatic carbocycles. The smallest absolute Gasteiger partial charge is 0.409 e. The summed E-state index contributed by atoms with van der Waals surface area (Å²) in [7, 11) is 0. The van der Waals surface area contributed by atoms with E-state index in [0.717, 1.165) is 12.8 Å². The van der Waals surface area contributed by atoms with Gasteiger partial charge in [0.25, 0.3) is 0 Å².